The average molecular weight is 253 g/mol. The van der Waals surface area contributed by atoms with Crippen LogP contribution in [0.5, 0.6) is 0 Å². The number of anilines is 2. The molecule has 0 aliphatic carbocycles. The fraction of sp³-hybridized carbons (Fsp3) is 0.273. The minimum absolute atomic E-state index is 0.0194. The summed E-state index contributed by atoms with van der Waals surface area (Å²) in [6.07, 6.45) is 0. The molecule has 6 heteroatoms. The third-order valence-electron chi connectivity index (χ3n) is 2.26. The molecule has 0 saturated heterocycles. The van der Waals surface area contributed by atoms with Gasteiger partial charge >= 0.3 is 0 Å². The first-order chi connectivity index (χ1) is 8.04. The van der Waals surface area contributed by atoms with Crippen molar-refractivity contribution in [1.29, 1.82) is 0 Å². The number of halogens is 1. The van der Waals surface area contributed by atoms with E-state index in [4.69, 9.17) is 21.8 Å². The summed E-state index contributed by atoms with van der Waals surface area (Å²) in [6, 6.07) is 5.42. The van der Waals surface area contributed by atoms with Gasteiger partial charge in [-0.1, -0.05) is 11.6 Å². The highest BCUT2D eigenvalue weighted by atomic mass is 35.5. The number of hydrogen-bond donors (Lipinski definition) is 2. The van der Waals surface area contributed by atoms with E-state index in [1.807, 2.05) is 26.0 Å². The van der Waals surface area contributed by atoms with E-state index in [0.717, 1.165) is 11.5 Å². The smallest absolute Gasteiger partial charge is 0.223 e. The Morgan fingerprint density at radius 2 is 2.18 bits per heavy atom. The van der Waals surface area contributed by atoms with Crippen LogP contribution in [0.2, 0.25) is 5.15 Å². The second-order valence-electron chi connectivity index (χ2n) is 3.75. The molecular formula is C11H13ClN4O. The Balaban J connectivity index is 2.15. The minimum Gasteiger partial charge on any atom is -0.464 e. The molecule has 2 aromatic rings. The van der Waals surface area contributed by atoms with Crippen molar-refractivity contribution in [2.75, 3.05) is 11.1 Å². The Hall–Kier alpha value is -1.75. The maximum Gasteiger partial charge on any atom is 0.223 e. The molecule has 90 valence electrons. The summed E-state index contributed by atoms with van der Waals surface area (Å²) in [5.41, 5.74) is 5.51. The number of hydrogen-bond acceptors (Lipinski definition) is 5. The standard InChI is InChI=1S/C11H13ClN4O/c1-6-3-4-8(17-6)7(2)14-10-5-9(12)15-11(13)16-10/h3-5,7H,1-2H3,(H3,13,14,15,16). The van der Waals surface area contributed by atoms with Crippen LogP contribution in [0.25, 0.3) is 0 Å². The largest absolute Gasteiger partial charge is 0.464 e. The maximum absolute atomic E-state index is 5.79. The van der Waals surface area contributed by atoms with Crippen molar-refractivity contribution in [1.82, 2.24) is 9.97 Å². The van der Waals surface area contributed by atoms with Crippen LogP contribution in [-0.2, 0) is 0 Å². The number of aromatic nitrogens is 2. The van der Waals surface area contributed by atoms with Gasteiger partial charge in [-0.05, 0) is 26.0 Å². The fourth-order valence-corrected chi connectivity index (χ4v) is 1.68. The zero-order chi connectivity index (χ0) is 12.4. The summed E-state index contributed by atoms with van der Waals surface area (Å²) in [5, 5.41) is 3.45. The van der Waals surface area contributed by atoms with E-state index in [0.29, 0.717) is 11.0 Å². The summed E-state index contributed by atoms with van der Waals surface area (Å²) in [7, 11) is 0. The van der Waals surface area contributed by atoms with Crippen LogP contribution in [0.4, 0.5) is 11.8 Å². The first-order valence-electron chi connectivity index (χ1n) is 5.17. The van der Waals surface area contributed by atoms with Crippen molar-refractivity contribution in [3.63, 3.8) is 0 Å². The molecule has 5 nitrogen and oxygen atoms in total. The van der Waals surface area contributed by atoms with Gasteiger partial charge in [0.15, 0.2) is 0 Å². The summed E-state index contributed by atoms with van der Waals surface area (Å²) in [6.45, 7) is 3.86. The van der Waals surface area contributed by atoms with E-state index >= 15 is 0 Å². The van der Waals surface area contributed by atoms with Gasteiger partial charge in [-0.2, -0.15) is 4.98 Å². The normalized spacial score (nSPS) is 12.4. The van der Waals surface area contributed by atoms with Crippen LogP contribution in [0.15, 0.2) is 22.6 Å². The van der Waals surface area contributed by atoms with Gasteiger partial charge < -0.3 is 15.5 Å². The van der Waals surface area contributed by atoms with E-state index in [9.17, 15) is 0 Å². The number of rotatable bonds is 3. The summed E-state index contributed by atoms with van der Waals surface area (Å²) >= 11 is 5.79. The van der Waals surface area contributed by atoms with Crippen molar-refractivity contribution < 1.29 is 4.42 Å². The van der Waals surface area contributed by atoms with E-state index < -0.39 is 0 Å². The van der Waals surface area contributed by atoms with Gasteiger partial charge in [-0.15, -0.1) is 0 Å². The first kappa shape index (κ1) is 11.7. The molecule has 0 amide bonds. The topological polar surface area (TPSA) is 77.0 Å². The highest BCUT2D eigenvalue weighted by Crippen LogP contribution is 2.21. The van der Waals surface area contributed by atoms with Gasteiger partial charge in [0.05, 0.1) is 6.04 Å². The molecule has 0 spiro atoms. The zero-order valence-electron chi connectivity index (χ0n) is 9.57. The molecule has 0 saturated carbocycles. The van der Waals surface area contributed by atoms with E-state index in [2.05, 4.69) is 15.3 Å². The predicted octanol–water partition coefficient (Wildman–Crippen LogP) is 2.79. The Morgan fingerprint density at radius 3 is 2.76 bits per heavy atom. The lowest BCUT2D eigenvalue weighted by Crippen LogP contribution is -2.08. The zero-order valence-corrected chi connectivity index (χ0v) is 10.3. The summed E-state index contributed by atoms with van der Waals surface area (Å²) in [4.78, 5) is 7.82. The molecule has 1 unspecified atom stereocenters. The molecule has 2 rings (SSSR count). The minimum atomic E-state index is -0.0194. The lowest BCUT2D eigenvalue weighted by atomic mass is 10.2. The molecule has 0 bridgehead atoms. The molecule has 3 N–H and O–H groups in total. The van der Waals surface area contributed by atoms with Crippen molar-refractivity contribution >= 4 is 23.4 Å². The second-order valence-corrected chi connectivity index (χ2v) is 4.14. The maximum atomic E-state index is 5.79. The fourth-order valence-electron chi connectivity index (χ4n) is 1.49. The highest BCUT2D eigenvalue weighted by Gasteiger charge is 2.10. The van der Waals surface area contributed by atoms with Crippen molar-refractivity contribution in [2.45, 2.75) is 19.9 Å². The predicted molar refractivity (Wildman–Crippen MR) is 66.9 cm³/mol. The molecule has 2 heterocycles. The van der Waals surface area contributed by atoms with E-state index in [1.165, 1.54) is 0 Å². The third-order valence-corrected chi connectivity index (χ3v) is 2.46. The van der Waals surface area contributed by atoms with E-state index in [1.54, 1.807) is 6.07 Å². The highest BCUT2D eigenvalue weighted by molar-refractivity contribution is 6.29. The van der Waals surface area contributed by atoms with Crippen molar-refractivity contribution in [2.24, 2.45) is 0 Å². The van der Waals surface area contributed by atoms with Gasteiger partial charge in [0.25, 0.3) is 0 Å². The van der Waals surface area contributed by atoms with Crippen LogP contribution in [0, 0.1) is 6.92 Å². The van der Waals surface area contributed by atoms with Crippen LogP contribution in [0.3, 0.4) is 0 Å². The quantitative estimate of drug-likeness (QED) is 0.822. The molecule has 0 radical (unpaired) electrons. The number of nitrogens with one attached hydrogen (secondary N) is 1. The molecule has 0 aromatic carbocycles. The molecule has 0 aliphatic heterocycles. The van der Waals surface area contributed by atoms with Crippen LogP contribution in [-0.4, -0.2) is 9.97 Å². The molecule has 0 fully saturated rings. The van der Waals surface area contributed by atoms with Gasteiger partial charge in [-0.3, -0.25) is 0 Å². The van der Waals surface area contributed by atoms with Crippen molar-refractivity contribution in [3.8, 4) is 0 Å². The van der Waals surface area contributed by atoms with Crippen molar-refractivity contribution in [3.05, 3.63) is 34.9 Å². The lowest BCUT2D eigenvalue weighted by molar-refractivity contribution is 0.466. The van der Waals surface area contributed by atoms with Crippen LogP contribution in [0.1, 0.15) is 24.5 Å². The Morgan fingerprint density at radius 1 is 1.41 bits per heavy atom. The Bertz CT molecular complexity index is 506. The Labute approximate surface area is 104 Å². The Kier molecular flexibility index (Phi) is 3.19. The SMILES string of the molecule is Cc1ccc(C(C)Nc2cc(Cl)nc(N)n2)o1. The van der Waals surface area contributed by atoms with Crippen LogP contribution >= 0.6 is 11.6 Å². The molecule has 17 heavy (non-hydrogen) atoms. The van der Waals surface area contributed by atoms with Gasteiger partial charge in [0.2, 0.25) is 5.95 Å². The molecule has 2 aromatic heterocycles. The second kappa shape index (κ2) is 4.63. The number of nitrogens with two attached hydrogens (primary N) is 1. The number of nitrogen functional groups attached to an aromatic ring is 1. The monoisotopic (exact) mass is 252 g/mol. The molecular weight excluding hydrogens is 240 g/mol. The van der Waals surface area contributed by atoms with Gasteiger partial charge in [0.1, 0.15) is 22.5 Å². The molecule has 0 aliphatic rings. The van der Waals surface area contributed by atoms with E-state index in [-0.39, 0.29) is 12.0 Å². The molecule has 1 atom stereocenters. The van der Waals surface area contributed by atoms with Gasteiger partial charge in [-0.25, -0.2) is 4.98 Å². The summed E-state index contributed by atoms with van der Waals surface area (Å²) < 4.78 is 5.51. The number of aryl methyl sites for hydroxylation is 1. The average Bonchev–Trinajstić information content (AvgIpc) is 2.63. The van der Waals surface area contributed by atoms with Gasteiger partial charge in [0, 0.05) is 6.07 Å². The third kappa shape index (κ3) is 2.88. The first-order valence-corrected chi connectivity index (χ1v) is 5.55. The summed E-state index contributed by atoms with van der Waals surface area (Å²) in [5.74, 6) is 2.41. The lowest BCUT2D eigenvalue weighted by Gasteiger charge is -2.12. The number of furan rings is 1. The number of nitrogens with zero attached hydrogens (tertiary/aromatic N) is 2. The van der Waals surface area contributed by atoms with Crippen LogP contribution < -0.4 is 11.1 Å².